The highest BCUT2D eigenvalue weighted by atomic mass is 79.9. The first-order valence-corrected chi connectivity index (χ1v) is 8.11. The van der Waals surface area contributed by atoms with Gasteiger partial charge in [0, 0.05) is 29.8 Å². The van der Waals surface area contributed by atoms with Gasteiger partial charge in [0.1, 0.15) is 0 Å². The largest absolute Gasteiger partial charge is 0.372 e. The molecule has 0 spiro atoms. The zero-order valence-electron chi connectivity index (χ0n) is 12.7. The van der Waals surface area contributed by atoms with Gasteiger partial charge in [-0.2, -0.15) is 0 Å². The van der Waals surface area contributed by atoms with E-state index in [1.54, 1.807) is 0 Å². The smallest absolute Gasteiger partial charge is 0.0377 e. The van der Waals surface area contributed by atoms with Gasteiger partial charge in [-0.1, -0.05) is 42.8 Å². The molecule has 0 unspecified atom stereocenters. The molecule has 0 fully saturated rings. The Hall–Kier alpha value is -0.540. The third-order valence-corrected chi connectivity index (χ3v) is 3.85. The van der Waals surface area contributed by atoms with E-state index in [1.807, 2.05) is 0 Å². The summed E-state index contributed by atoms with van der Waals surface area (Å²) in [6, 6.07) is 6.71. The molecule has 0 saturated heterocycles. The van der Waals surface area contributed by atoms with Crippen LogP contribution in [0.25, 0.3) is 0 Å². The van der Waals surface area contributed by atoms with Crippen LogP contribution in [-0.2, 0) is 6.54 Å². The molecule has 0 aliphatic heterocycles. The zero-order chi connectivity index (χ0) is 14.3. The molecule has 19 heavy (non-hydrogen) atoms. The van der Waals surface area contributed by atoms with Crippen molar-refractivity contribution in [2.45, 2.75) is 40.7 Å². The predicted octanol–water partition coefficient (Wildman–Crippen LogP) is 4.43. The summed E-state index contributed by atoms with van der Waals surface area (Å²) in [4.78, 5) is 2.43. The van der Waals surface area contributed by atoms with E-state index in [0.717, 1.165) is 26.2 Å². The van der Waals surface area contributed by atoms with Gasteiger partial charge in [-0.25, -0.2) is 0 Å². The average Bonchev–Trinajstić information content (AvgIpc) is 2.38. The van der Waals surface area contributed by atoms with E-state index < -0.39 is 0 Å². The van der Waals surface area contributed by atoms with Crippen LogP contribution in [0.4, 0.5) is 5.69 Å². The van der Waals surface area contributed by atoms with Crippen molar-refractivity contribution in [3.05, 3.63) is 28.2 Å². The van der Waals surface area contributed by atoms with Crippen molar-refractivity contribution in [1.82, 2.24) is 5.32 Å². The van der Waals surface area contributed by atoms with Gasteiger partial charge in [0.2, 0.25) is 0 Å². The Morgan fingerprint density at radius 3 is 2.53 bits per heavy atom. The molecule has 0 radical (unpaired) electrons. The van der Waals surface area contributed by atoms with E-state index >= 15 is 0 Å². The molecule has 0 aliphatic carbocycles. The summed E-state index contributed by atoms with van der Waals surface area (Å²) >= 11 is 3.70. The standard InChI is InChI=1S/C16H27BrN2/c1-5-9-18-11-14-7-8-15(10-16(14)17)19(6-2)12-13(3)4/h7-8,10,13,18H,5-6,9,11-12H2,1-4H3. The second-order valence-electron chi connectivity index (χ2n) is 5.38. The lowest BCUT2D eigenvalue weighted by Crippen LogP contribution is -2.27. The van der Waals surface area contributed by atoms with Crippen LogP contribution in [-0.4, -0.2) is 19.6 Å². The highest BCUT2D eigenvalue weighted by Gasteiger charge is 2.08. The molecule has 0 atom stereocenters. The van der Waals surface area contributed by atoms with Crippen LogP contribution in [0.2, 0.25) is 0 Å². The van der Waals surface area contributed by atoms with E-state index in [-0.39, 0.29) is 0 Å². The topological polar surface area (TPSA) is 15.3 Å². The molecule has 1 rings (SSSR count). The van der Waals surface area contributed by atoms with Crippen molar-refractivity contribution in [2.75, 3.05) is 24.5 Å². The third kappa shape index (κ3) is 5.53. The molecule has 0 bridgehead atoms. The fourth-order valence-corrected chi connectivity index (χ4v) is 2.64. The van der Waals surface area contributed by atoms with E-state index in [0.29, 0.717) is 5.92 Å². The number of nitrogens with zero attached hydrogens (tertiary/aromatic N) is 1. The fourth-order valence-electron chi connectivity index (χ4n) is 2.13. The second-order valence-corrected chi connectivity index (χ2v) is 6.24. The maximum absolute atomic E-state index is 3.70. The zero-order valence-corrected chi connectivity index (χ0v) is 14.3. The van der Waals surface area contributed by atoms with E-state index in [4.69, 9.17) is 0 Å². The highest BCUT2D eigenvalue weighted by Crippen LogP contribution is 2.24. The highest BCUT2D eigenvalue weighted by molar-refractivity contribution is 9.10. The Morgan fingerprint density at radius 1 is 1.26 bits per heavy atom. The number of benzene rings is 1. The van der Waals surface area contributed by atoms with Crippen molar-refractivity contribution < 1.29 is 0 Å². The normalized spacial score (nSPS) is 11.1. The molecule has 2 nitrogen and oxygen atoms in total. The number of rotatable bonds is 8. The van der Waals surface area contributed by atoms with Gasteiger partial charge in [0.25, 0.3) is 0 Å². The van der Waals surface area contributed by atoms with Crippen LogP contribution in [0.1, 0.15) is 39.7 Å². The first-order chi connectivity index (χ1) is 9.08. The fraction of sp³-hybridized carbons (Fsp3) is 0.625. The number of nitrogens with one attached hydrogen (secondary N) is 1. The Kier molecular flexibility index (Phi) is 7.47. The maximum Gasteiger partial charge on any atom is 0.0377 e. The van der Waals surface area contributed by atoms with Crippen molar-refractivity contribution in [2.24, 2.45) is 5.92 Å². The minimum absolute atomic E-state index is 0.685. The summed E-state index contributed by atoms with van der Waals surface area (Å²) in [6.45, 7) is 13.1. The molecule has 108 valence electrons. The monoisotopic (exact) mass is 326 g/mol. The maximum atomic E-state index is 3.70. The summed E-state index contributed by atoms with van der Waals surface area (Å²) in [7, 11) is 0. The molecule has 1 aromatic carbocycles. The summed E-state index contributed by atoms with van der Waals surface area (Å²) < 4.78 is 1.20. The summed E-state index contributed by atoms with van der Waals surface area (Å²) in [5.41, 5.74) is 2.64. The first-order valence-electron chi connectivity index (χ1n) is 7.32. The number of anilines is 1. The third-order valence-electron chi connectivity index (χ3n) is 3.11. The quantitative estimate of drug-likeness (QED) is 0.711. The Labute approximate surface area is 126 Å². The Bertz CT molecular complexity index is 377. The molecular formula is C16H27BrN2. The second kappa shape index (κ2) is 8.60. The van der Waals surface area contributed by atoms with Crippen LogP contribution in [0.15, 0.2) is 22.7 Å². The minimum Gasteiger partial charge on any atom is -0.372 e. The minimum atomic E-state index is 0.685. The lowest BCUT2D eigenvalue weighted by molar-refractivity contribution is 0.618. The van der Waals surface area contributed by atoms with Gasteiger partial charge >= 0.3 is 0 Å². The van der Waals surface area contributed by atoms with Gasteiger partial charge in [0.05, 0.1) is 0 Å². The molecule has 1 aromatic rings. The average molecular weight is 327 g/mol. The first kappa shape index (κ1) is 16.5. The van der Waals surface area contributed by atoms with Crippen LogP contribution < -0.4 is 10.2 Å². The van der Waals surface area contributed by atoms with Crippen LogP contribution in [0, 0.1) is 5.92 Å². The predicted molar refractivity (Wildman–Crippen MR) is 88.9 cm³/mol. The molecule has 0 aliphatic rings. The van der Waals surface area contributed by atoms with Crippen molar-refractivity contribution >= 4 is 21.6 Å². The van der Waals surface area contributed by atoms with Crippen molar-refractivity contribution in [3.8, 4) is 0 Å². The van der Waals surface area contributed by atoms with Crippen LogP contribution in [0.5, 0.6) is 0 Å². The number of halogens is 1. The van der Waals surface area contributed by atoms with Crippen LogP contribution >= 0.6 is 15.9 Å². The molecule has 1 N–H and O–H groups in total. The van der Waals surface area contributed by atoms with Gasteiger partial charge in [-0.15, -0.1) is 0 Å². The summed E-state index contributed by atoms with van der Waals surface area (Å²) in [6.07, 6.45) is 1.17. The van der Waals surface area contributed by atoms with Crippen LogP contribution in [0.3, 0.4) is 0 Å². The van der Waals surface area contributed by atoms with E-state index in [9.17, 15) is 0 Å². The molecule has 0 aromatic heterocycles. The summed E-state index contributed by atoms with van der Waals surface area (Å²) in [5.74, 6) is 0.685. The SMILES string of the molecule is CCCNCc1ccc(N(CC)CC(C)C)cc1Br. The van der Waals surface area contributed by atoms with Gasteiger partial charge < -0.3 is 10.2 Å². The lowest BCUT2D eigenvalue weighted by Gasteiger charge is -2.25. The molecule has 0 heterocycles. The van der Waals surface area contributed by atoms with Gasteiger partial charge in [-0.05, 0) is 43.5 Å². The molecular weight excluding hydrogens is 300 g/mol. The Balaban J connectivity index is 2.74. The molecule has 3 heteroatoms. The van der Waals surface area contributed by atoms with Crippen molar-refractivity contribution in [1.29, 1.82) is 0 Å². The molecule has 0 saturated carbocycles. The van der Waals surface area contributed by atoms with Gasteiger partial charge in [0.15, 0.2) is 0 Å². The summed E-state index contributed by atoms with van der Waals surface area (Å²) in [5, 5.41) is 3.44. The van der Waals surface area contributed by atoms with Crippen molar-refractivity contribution in [3.63, 3.8) is 0 Å². The lowest BCUT2D eigenvalue weighted by atomic mass is 10.1. The number of hydrogen-bond acceptors (Lipinski definition) is 2. The van der Waals surface area contributed by atoms with Gasteiger partial charge in [-0.3, -0.25) is 0 Å². The molecule has 0 amide bonds. The number of hydrogen-bond donors (Lipinski definition) is 1. The Morgan fingerprint density at radius 2 is 2.00 bits per heavy atom. The van der Waals surface area contributed by atoms with E-state index in [1.165, 1.54) is 22.1 Å². The van der Waals surface area contributed by atoms with E-state index in [2.05, 4.69) is 72.0 Å².